The van der Waals surface area contributed by atoms with Crippen LogP contribution in [-0.4, -0.2) is 23.3 Å². The predicted octanol–water partition coefficient (Wildman–Crippen LogP) is 2.00. The van der Waals surface area contributed by atoms with Gasteiger partial charge in [0.05, 0.1) is 6.21 Å². The monoisotopic (exact) mass is 357 g/mol. The third-order valence-corrected chi connectivity index (χ3v) is 2.95. The van der Waals surface area contributed by atoms with E-state index < -0.39 is 11.9 Å². The maximum absolute atomic E-state index is 12.4. The molecule has 3 N–H and O–H groups in total. The zero-order valence-corrected chi connectivity index (χ0v) is 14.1. The molecule has 0 unspecified atom stereocenters. The number of hydrogen-bond acceptors (Lipinski definition) is 6. The van der Waals surface area contributed by atoms with Crippen molar-refractivity contribution in [3.05, 3.63) is 59.7 Å². The second-order valence-electron chi connectivity index (χ2n) is 4.75. The van der Waals surface area contributed by atoms with Crippen molar-refractivity contribution in [3.63, 3.8) is 0 Å². The Morgan fingerprint density at radius 2 is 1.72 bits per heavy atom. The Morgan fingerprint density at radius 3 is 2.40 bits per heavy atom. The van der Waals surface area contributed by atoms with Gasteiger partial charge in [0.15, 0.2) is 5.11 Å². The summed E-state index contributed by atoms with van der Waals surface area (Å²) in [5, 5.41) is 3.85. The molecule has 128 valence electrons. The van der Waals surface area contributed by atoms with Crippen LogP contribution in [0.4, 0.5) is 0 Å². The summed E-state index contributed by atoms with van der Waals surface area (Å²) in [6.07, 6.45) is 1.42. The minimum Gasteiger partial charge on any atom is -0.426 e. The molecule has 0 amide bonds. The molecule has 0 spiro atoms. The average molecular weight is 357 g/mol. The lowest BCUT2D eigenvalue weighted by Gasteiger charge is -2.10. The summed E-state index contributed by atoms with van der Waals surface area (Å²) in [4.78, 5) is 23.6. The molecule has 0 bridgehead atoms. The molecule has 0 aromatic heterocycles. The maximum Gasteiger partial charge on any atom is 0.347 e. The first kappa shape index (κ1) is 18.1. The summed E-state index contributed by atoms with van der Waals surface area (Å²) in [5.41, 5.74) is 8.37. The van der Waals surface area contributed by atoms with Crippen LogP contribution < -0.4 is 20.6 Å². The number of nitrogens with one attached hydrogen (secondary N) is 1. The Kier molecular flexibility index (Phi) is 6.19. The third kappa shape index (κ3) is 5.40. The summed E-state index contributed by atoms with van der Waals surface area (Å²) in [7, 11) is 0. The fourth-order valence-corrected chi connectivity index (χ4v) is 1.93. The van der Waals surface area contributed by atoms with E-state index in [2.05, 4.69) is 22.7 Å². The van der Waals surface area contributed by atoms with E-state index >= 15 is 0 Å². The molecule has 0 saturated carbocycles. The molecule has 2 rings (SSSR count). The number of hydrogen-bond donors (Lipinski definition) is 2. The minimum absolute atomic E-state index is 0.0148. The van der Waals surface area contributed by atoms with Crippen molar-refractivity contribution in [2.45, 2.75) is 6.92 Å². The Hall–Kier alpha value is -3.26. The van der Waals surface area contributed by atoms with E-state index in [0.717, 1.165) is 0 Å². The van der Waals surface area contributed by atoms with Crippen LogP contribution in [0.2, 0.25) is 0 Å². The Bertz CT molecular complexity index is 836. The molecular formula is C17H15N3O4S. The van der Waals surface area contributed by atoms with Gasteiger partial charge in [0.2, 0.25) is 0 Å². The van der Waals surface area contributed by atoms with Gasteiger partial charge >= 0.3 is 11.9 Å². The van der Waals surface area contributed by atoms with E-state index in [0.29, 0.717) is 5.56 Å². The van der Waals surface area contributed by atoms with Crippen LogP contribution in [0.3, 0.4) is 0 Å². The number of hydrazone groups is 1. The first-order valence-corrected chi connectivity index (χ1v) is 7.55. The van der Waals surface area contributed by atoms with Crippen LogP contribution in [0, 0.1) is 0 Å². The summed E-state index contributed by atoms with van der Waals surface area (Å²) < 4.78 is 10.4. The van der Waals surface area contributed by atoms with Crippen molar-refractivity contribution in [1.82, 2.24) is 5.43 Å². The molecule has 0 aliphatic heterocycles. The molecule has 0 heterocycles. The Morgan fingerprint density at radius 1 is 1.08 bits per heavy atom. The molecule has 25 heavy (non-hydrogen) atoms. The number of nitrogens with two attached hydrogens (primary N) is 1. The van der Waals surface area contributed by atoms with Gasteiger partial charge in [0.1, 0.15) is 17.1 Å². The van der Waals surface area contributed by atoms with E-state index in [1.54, 1.807) is 36.4 Å². The number of rotatable bonds is 5. The highest BCUT2D eigenvalue weighted by Crippen LogP contribution is 2.22. The number of nitrogens with zero attached hydrogens (tertiary/aromatic N) is 1. The first-order chi connectivity index (χ1) is 12.0. The molecule has 0 radical (unpaired) electrons. The molecule has 0 aliphatic carbocycles. The van der Waals surface area contributed by atoms with Crippen LogP contribution in [0.25, 0.3) is 0 Å². The Balaban J connectivity index is 2.23. The van der Waals surface area contributed by atoms with Gasteiger partial charge in [0, 0.05) is 12.5 Å². The van der Waals surface area contributed by atoms with Gasteiger partial charge in [-0.15, -0.1) is 0 Å². The second-order valence-corrected chi connectivity index (χ2v) is 5.19. The van der Waals surface area contributed by atoms with Gasteiger partial charge in [-0.1, -0.05) is 24.3 Å². The van der Waals surface area contributed by atoms with Crippen molar-refractivity contribution in [2.75, 3.05) is 0 Å². The van der Waals surface area contributed by atoms with E-state index in [4.69, 9.17) is 15.2 Å². The number of ether oxygens (including phenoxy) is 2. The largest absolute Gasteiger partial charge is 0.426 e. The van der Waals surface area contributed by atoms with Gasteiger partial charge < -0.3 is 15.2 Å². The van der Waals surface area contributed by atoms with Gasteiger partial charge in [-0.3, -0.25) is 10.2 Å². The van der Waals surface area contributed by atoms with Crippen molar-refractivity contribution >= 4 is 35.5 Å². The highest BCUT2D eigenvalue weighted by atomic mass is 32.1. The highest BCUT2D eigenvalue weighted by molar-refractivity contribution is 7.80. The fraction of sp³-hybridized carbons (Fsp3) is 0.0588. The van der Waals surface area contributed by atoms with Crippen LogP contribution in [0.1, 0.15) is 22.8 Å². The SMILES string of the molecule is CC(=O)Oc1ccccc1C(=O)Oc1ccccc1C=NNC(N)=S. The summed E-state index contributed by atoms with van der Waals surface area (Å²) in [5.74, 6) is -0.795. The highest BCUT2D eigenvalue weighted by Gasteiger charge is 2.16. The number of carbonyl (C=O) groups excluding carboxylic acids is 2. The quantitative estimate of drug-likeness (QED) is 0.277. The van der Waals surface area contributed by atoms with Crippen LogP contribution in [0.5, 0.6) is 11.5 Å². The van der Waals surface area contributed by atoms with E-state index in [9.17, 15) is 9.59 Å². The molecule has 8 heteroatoms. The zero-order valence-electron chi connectivity index (χ0n) is 13.3. The topological polar surface area (TPSA) is 103 Å². The standard InChI is InChI=1S/C17H15N3O4S/c1-11(21)23-15-9-5-3-7-13(15)16(22)24-14-8-4-2-6-12(14)10-19-20-17(18)25/h2-10H,1H3,(H3,18,20,25). The molecule has 0 saturated heterocycles. The minimum atomic E-state index is -0.667. The molecule has 0 atom stereocenters. The summed E-state index contributed by atoms with van der Waals surface area (Å²) in [6, 6.07) is 13.1. The molecule has 2 aromatic rings. The zero-order chi connectivity index (χ0) is 18.2. The summed E-state index contributed by atoms with van der Waals surface area (Å²) >= 11 is 4.65. The fourth-order valence-electron chi connectivity index (χ4n) is 1.88. The average Bonchev–Trinajstić information content (AvgIpc) is 2.56. The van der Waals surface area contributed by atoms with Crippen molar-refractivity contribution in [1.29, 1.82) is 0 Å². The lowest BCUT2D eigenvalue weighted by atomic mass is 10.2. The summed E-state index contributed by atoms with van der Waals surface area (Å²) in [6.45, 7) is 1.25. The van der Waals surface area contributed by atoms with E-state index in [1.807, 2.05) is 0 Å². The normalized spacial score (nSPS) is 10.3. The number of carbonyl (C=O) groups is 2. The van der Waals surface area contributed by atoms with Gasteiger partial charge in [-0.2, -0.15) is 5.10 Å². The Labute approximate surface area is 149 Å². The van der Waals surface area contributed by atoms with Crippen LogP contribution in [-0.2, 0) is 4.79 Å². The van der Waals surface area contributed by atoms with Crippen molar-refractivity contribution in [3.8, 4) is 11.5 Å². The lowest BCUT2D eigenvalue weighted by Crippen LogP contribution is -2.24. The molecular weight excluding hydrogens is 342 g/mol. The lowest BCUT2D eigenvalue weighted by molar-refractivity contribution is -0.131. The third-order valence-electron chi connectivity index (χ3n) is 2.86. The van der Waals surface area contributed by atoms with Gasteiger partial charge in [-0.05, 0) is 36.5 Å². The number of esters is 2. The van der Waals surface area contributed by atoms with E-state index in [-0.39, 0.29) is 22.2 Å². The molecule has 0 fully saturated rings. The van der Waals surface area contributed by atoms with Crippen molar-refractivity contribution in [2.24, 2.45) is 10.8 Å². The predicted molar refractivity (Wildman–Crippen MR) is 96.7 cm³/mol. The number of thiocarbonyl (C=S) groups is 1. The number of benzene rings is 2. The molecule has 7 nitrogen and oxygen atoms in total. The van der Waals surface area contributed by atoms with Crippen LogP contribution >= 0.6 is 12.2 Å². The molecule has 0 aliphatic rings. The van der Waals surface area contributed by atoms with E-state index in [1.165, 1.54) is 25.3 Å². The maximum atomic E-state index is 12.4. The first-order valence-electron chi connectivity index (χ1n) is 7.14. The molecule has 2 aromatic carbocycles. The van der Waals surface area contributed by atoms with Gasteiger partial charge in [-0.25, -0.2) is 4.79 Å². The second kappa shape index (κ2) is 8.55. The van der Waals surface area contributed by atoms with Crippen molar-refractivity contribution < 1.29 is 19.1 Å². The van der Waals surface area contributed by atoms with Crippen LogP contribution in [0.15, 0.2) is 53.6 Å². The number of para-hydroxylation sites is 2. The smallest absolute Gasteiger partial charge is 0.347 e. The van der Waals surface area contributed by atoms with Gasteiger partial charge in [0.25, 0.3) is 0 Å².